The lowest BCUT2D eigenvalue weighted by molar-refractivity contribution is -0.128. The summed E-state index contributed by atoms with van der Waals surface area (Å²) in [4.78, 5) is 33.3. The van der Waals surface area contributed by atoms with E-state index >= 15 is 0 Å². The molecule has 6 heteroatoms. The molecular weight excluding hydrogens is 400 g/mol. The van der Waals surface area contributed by atoms with E-state index in [-0.39, 0.29) is 18.0 Å². The van der Waals surface area contributed by atoms with Crippen molar-refractivity contribution in [2.75, 3.05) is 44.2 Å². The minimum absolute atomic E-state index is 0.0276. The molecule has 3 amide bonds. The van der Waals surface area contributed by atoms with Crippen molar-refractivity contribution in [1.82, 2.24) is 14.7 Å². The van der Waals surface area contributed by atoms with Gasteiger partial charge in [-0.2, -0.15) is 0 Å². The summed E-state index contributed by atoms with van der Waals surface area (Å²) >= 11 is 0. The zero-order valence-corrected chi connectivity index (χ0v) is 19.3. The van der Waals surface area contributed by atoms with E-state index in [4.69, 9.17) is 0 Å². The molecule has 2 atom stereocenters. The number of fused-ring (bicyclic) bond motifs is 2. The predicted molar refractivity (Wildman–Crippen MR) is 128 cm³/mol. The zero-order valence-electron chi connectivity index (χ0n) is 19.3. The molecule has 3 aliphatic rings. The van der Waals surface area contributed by atoms with Crippen molar-refractivity contribution in [1.29, 1.82) is 0 Å². The smallest absolute Gasteiger partial charge is 0.327 e. The molecule has 0 aliphatic carbocycles. The fraction of sp³-hybridized carbons (Fsp3) is 0.538. The highest BCUT2D eigenvalue weighted by molar-refractivity contribution is 6.04. The standard InChI is InChI=1S/C26H34N4O2/c1-19-11-12-23(22-9-4-3-8-21(19)22)28-17-16-27(20(2)18-28)13-5-6-14-30-25(31)24-10-7-15-29(24)26(30)32/h3-4,8-9,11-12,20,24H,5-7,10,13-18H2,1-2H3. The number of hydrogen-bond donors (Lipinski definition) is 0. The summed E-state index contributed by atoms with van der Waals surface area (Å²) in [5.41, 5.74) is 2.66. The van der Waals surface area contributed by atoms with Crippen molar-refractivity contribution >= 4 is 28.4 Å². The molecule has 32 heavy (non-hydrogen) atoms. The maximum Gasteiger partial charge on any atom is 0.327 e. The molecule has 3 heterocycles. The summed E-state index contributed by atoms with van der Waals surface area (Å²) in [5.74, 6) is 0.0276. The molecule has 5 rings (SSSR count). The second kappa shape index (κ2) is 8.74. The molecule has 2 unspecified atom stereocenters. The Kier molecular flexibility index (Phi) is 5.80. The van der Waals surface area contributed by atoms with E-state index in [9.17, 15) is 9.59 Å². The van der Waals surface area contributed by atoms with Crippen LogP contribution < -0.4 is 4.90 Å². The summed E-state index contributed by atoms with van der Waals surface area (Å²) in [5, 5.41) is 2.68. The molecule has 3 aliphatic heterocycles. The number of rotatable bonds is 6. The highest BCUT2D eigenvalue weighted by atomic mass is 16.2. The quantitative estimate of drug-likeness (QED) is 0.512. The lowest BCUT2D eigenvalue weighted by Crippen LogP contribution is -2.52. The number of urea groups is 1. The number of anilines is 1. The van der Waals surface area contributed by atoms with Crippen LogP contribution in [-0.2, 0) is 4.79 Å². The van der Waals surface area contributed by atoms with Gasteiger partial charge in [0.15, 0.2) is 0 Å². The molecule has 2 aromatic rings. The summed E-state index contributed by atoms with van der Waals surface area (Å²) in [6.45, 7) is 9.90. The van der Waals surface area contributed by atoms with Gasteiger partial charge in [-0.1, -0.05) is 30.3 Å². The van der Waals surface area contributed by atoms with E-state index in [1.54, 1.807) is 4.90 Å². The van der Waals surface area contributed by atoms with Crippen LogP contribution >= 0.6 is 0 Å². The van der Waals surface area contributed by atoms with Crippen LogP contribution in [0.3, 0.4) is 0 Å². The first-order chi connectivity index (χ1) is 15.5. The van der Waals surface area contributed by atoms with Gasteiger partial charge in [0.05, 0.1) is 0 Å². The van der Waals surface area contributed by atoms with Gasteiger partial charge >= 0.3 is 6.03 Å². The predicted octanol–water partition coefficient (Wildman–Crippen LogP) is 3.87. The molecule has 170 valence electrons. The number of nitrogens with zero attached hydrogens (tertiary/aromatic N) is 4. The highest BCUT2D eigenvalue weighted by Crippen LogP contribution is 2.31. The number of aryl methyl sites for hydroxylation is 1. The Morgan fingerprint density at radius 2 is 1.72 bits per heavy atom. The van der Waals surface area contributed by atoms with Crippen LogP contribution in [0.1, 0.15) is 38.2 Å². The Hall–Kier alpha value is -2.60. The third-order valence-corrected chi connectivity index (χ3v) is 7.58. The van der Waals surface area contributed by atoms with E-state index in [0.29, 0.717) is 12.6 Å². The van der Waals surface area contributed by atoms with Gasteiger partial charge in [-0.3, -0.25) is 14.6 Å². The largest absolute Gasteiger partial charge is 0.368 e. The van der Waals surface area contributed by atoms with Gasteiger partial charge in [0, 0.05) is 49.8 Å². The van der Waals surface area contributed by atoms with Gasteiger partial charge in [0.2, 0.25) is 0 Å². The molecule has 0 saturated carbocycles. The molecule has 2 aromatic carbocycles. The molecule has 6 nitrogen and oxygen atoms in total. The molecule has 3 fully saturated rings. The number of imide groups is 1. The van der Waals surface area contributed by atoms with Crippen molar-refractivity contribution in [3.05, 3.63) is 42.0 Å². The second-order valence-electron chi connectivity index (χ2n) is 9.61. The maximum absolute atomic E-state index is 12.5. The summed E-state index contributed by atoms with van der Waals surface area (Å²) < 4.78 is 0. The fourth-order valence-corrected chi connectivity index (χ4v) is 5.73. The summed E-state index contributed by atoms with van der Waals surface area (Å²) in [6.07, 6.45) is 3.68. The molecule has 0 N–H and O–H groups in total. The third-order valence-electron chi connectivity index (χ3n) is 7.58. The molecule has 0 aromatic heterocycles. The Labute approximate surface area is 190 Å². The van der Waals surface area contributed by atoms with Crippen LogP contribution in [-0.4, -0.2) is 78.0 Å². The summed E-state index contributed by atoms with van der Waals surface area (Å²) in [7, 11) is 0. The van der Waals surface area contributed by atoms with Crippen molar-refractivity contribution in [3.8, 4) is 0 Å². The van der Waals surface area contributed by atoms with Crippen molar-refractivity contribution in [2.24, 2.45) is 0 Å². The Morgan fingerprint density at radius 1 is 0.938 bits per heavy atom. The van der Waals surface area contributed by atoms with E-state index in [0.717, 1.165) is 58.4 Å². The molecule has 0 radical (unpaired) electrons. The van der Waals surface area contributed by atoms with Crippen LogP contribution in [0.2, 0.25) is 0 Å². The molecular formula is C26H34N4O2. The van der Waals surface area contributed by atoms with Gasteiger partial charge in [0.25, 0.3) is 5.91 Å². The Bertz CT molecular complexity index is 1000. The lowest BCUT2D eigenvalue weighted by Gasteiger charge is -2.41. The van der Waals surface area contributed by atoms with Crippen LogP contribution in [0.4, 0.5) is 10.5 Å². The SMILES string of the molecule is Cc1ccc(N2CCN(CCCCN3C(=O)C4CCCN4C3=O)C(C)C2)c2ccccc12. The second-order valence-corrected chi connectivity index (χ2v) is 9.61. The average molecular weight is 435 g/mol. The monoisotopic (exact) mass is 434 g/mol. The first-order valence-corrected chi connectivity index (χ1v) is 12.1. The van der Waals surface area contributed by atoms with E-state index in [1.807, 2.05) is 0 Å². The number of piperazine rings is 1. The normalized spacial score (nSPS) is 24.1. The summed E-state index contributed by atoms with van der Waals surface area (Å²) in [6, 6.07) is 13.4. The Balaban J connectivity index is 1.13. The minimum atomic E-state index is -0.173. The number of carbonyl (C=O) groups is 2. The van der Waals surface area contributed by atoms with E-state index < -0.39 is 0 Å². The molecule has 0 spiro atoms. The van der Waals surface area contributed by atoms with Gasteiger partial charge in [-0.05, 0) is 63.1 Å². The van der Waals surface area contributed by atoms with E-state index in [1.165, 1.54) is 26.9 Å². The third kappa shape index (κ3) is 3.75. The van der Waals surface area contributed by atoms with Gasteiger partial charge in [-0.15, -0.1) is 0 Å². The topological polar surface area (TPSA) is 47.1 Å². The lowest BCUT2D eigenvalue weighted by atomic mass is 10.0. The maximum atomic E-state index is 12.5. The van der Waals surface area contributed by atoms with Gasteiger partial charge in [-0.25, -0.2) is 4.79 Å². The van der Waals surface area contributed by atoms with Gasteiger partial charge in [0.1, 0.15) is 6.04 Å². The first kappa shape index (κ1) is 21.3. The highest BCUT2D eigenvalue weighted by Gasteiger charge is 2.46. The number of unbranched alkanes of at least 4 members (excludes halogenated alkanes) is 1. The zero-order chi connectivity index (χ0) is 22.2. The first-order valence-electron chi connectivity index (χ1n) is 12.1. The van der Waals surface area contributed by atoms with Crippen molar-refractivity contribution < 1.29 is 9.59 Å². The van der Waals surface area contributed by atoms with Crippen LogP contribution in [0, 0.1) is 6.92 Å². The minimum Gasteiger partial charge on any atom is -0.368 e. The van der Waals surface area contributed by atoms with Gasteiger partial charge < -0.3 is 9.80 Å². The number of amides is 3. The molecule has 0 bridgehead atoms. The van der Waals surface area contributed by atoms with Crippen molar-refractivity contribution in [3.63, 3.8) is 0 Å². The van der Waals surface area contributed by atoms with E-state index in [2.05, 4.69) is 60.0 Å². The number of benzene rings is 2. The van der Waals surface area contributed by atoms with Crippen molar-refractivity contribution in [2.45, 2.75) is 51.6 Å². The van der Waals surface area contributed by atoms with Crippen LogP contribution in [0.5, 0.6) is 0 Å². The van der Waals surface area contributed by atoms with Crippen LogP contribution in [0.25, 0.3) is 10.8 Å². The average Bonchev–Trinajstić information content (AvgIpc) is 3.37. The van der Waals surface area contributed by atoms with Crippen LogP contribution in [0.15, 0.2) is 36.4 Å². The molecule has 3 saturated heterocycles. The number of carbonyl (C=O) groups excluding carboxylic acids is 2. The fourth-order valence-electron chi connectivity index (χ4n) is 5.73. The number of hydrogen-bond acceptors (Lipinski definition) is 4. The Morgan fingerprint density at radius 3 is 2.50 bits per heavy atom.